The van der Waals surface area contributed by atoms with Crippen LogP contribution in [0.25, 0.3) is 0 Å². The molecule has 3 N–H and O–H groups in total. The van der Waals surface area contributed by atoms with E-state index in [1.165, 1.54) is 12.4 Å². The lowest BCUT2D eigenvalue weighted by molar-refractivity contribution is -0.138. The largest absolute Gasteiger partial charge is 0.494 e. The normalized spacial score (nSPS) is 15.7. The van der Waals surface area contributed by atoms with Gasteiger partial charge in [-0.2, -0.15) is 13.2 Å². The van der Waals surface area contributed by atoms with Gasteiger partial charge in [-0.15, -0.1) is 5.23 Å². The van der Waals surface area contributed by atoms with Gasteiger partial charge in [0.1, 0.15) is 23.6 Å². The Kier molecular flexibility index (Phi) is 9.18. The highest BCUT2D eigenvalue weighted by Crippen LogP contribution is 2.39. The van der Waals surface area contributed by atoms with Gasteiger partial charge in [0.2, 0.25) is 5.91 Å². The minimum atomic E-state index is -4.77. The molecule has 5 rings (SSSR count). The summed E-state index contributed by atoms with van der Waals surface area (Å²) in [5.41, 5.74) is 0.773. The number of halogens is 3. The number of benzene rings is 2. The van der Waals surface area contributed by atoms with Gasteiger partial charge >= 0.3 is 6.18 Å². The van der Waals surface area contributed by atoms with Crippen molar-refractivity contribution >= 4 is 28.8 Å². The average Bonchev–Trinajstić information content (AvgIpc) is 2.99. The van der Waals surface area contributed by atoms with E-state index in [0.29, 0.717) is 36.8 Å². The molecule has 3 aromatic rings. The first-order chi connectivity index (χ1) is 20.6. The zero-order valence-corrected chi connectivity index (χ0v) is 23.7. The third kappa shape index (κ3) is 7.45. The first-order valence-electron chi connectivity index (χ1n) is 14.0. The number of nitrogens with one attached hydrogen (secondary N) is 1. The van der Waals surface area contributed by atoms with Crippen LogP contribution < -0.4 is 20.2 Å². The van der Waals surface area contributed by atoms with Crippen molar-refractivity contribution in [3.8, 4) is 5.75 Å². The van der Waals surface area contributed by atoms with Crippen molar-refractivity contribution < 1.29 is 33.1 Å². The maximum Gasteiger partial charge on any atom is 0.418 e. The predicted octanol–water partition coefficient (Wildman–Crippen LogP) is 4.32. The zero-order valence-electron chi connectivity index (χ0n) is 23.7. The van der Waals surface area contributed by atoms with Crippen LogP contribution in [0.4, 0.5) is 36.1 Å². The topological polar surface area (TPSA) is 118 Å². The van der Waals surface area contributed by atoms with Crippen LogP contribution in [-0.2, 0) is 23.9 Å². The molecule has 1 aromatic heterocycles. The van der Waals surface area contributed by atoms with E-state index in [9.17, 15) is 28.4 Å². The van der Waals surface area contributed by atoms with E-state index in [-0.39, 0.29) is 12.5 Å². The molecule has 11 nitrogen and oxygen atoms in total. The fourth-order valence-corrected chi connectivity index (χ4v) is 5.34. The van der Waals surface area contributed by atoms with Crippen LogP contribution in [0.15, 0.2) is 48.8 Å². The van der Waals surface area contributed by atoms with Crippen molar-refractivity contribution in [1.82, 2.24) is 19.8 Å². The third-order valence-corrected chi connectivity index (χ3v) is 7.70. The molecule has 43 heavy (non-hydrogen) atoms. The van der Waals surface area contributed by atoms with Gasteiger partial charge in [0.15, 0.2) is 0 Å². The summed E-state index contributed by atoms with van der Waals surface area (Å²) in [7, 11) is 0. The summed E-state index contributed by atoms with van der Waals surface area (Å²) < 4.78 is 46.5. The van der Waals surface area contributed by atoms with Crippen molar-refractivity contribution in [2.75, 3.05) is 61.3 Å². The van der Waals surface area contributed by atoms with Gasteiger partial charge in [0.05, 0.1) is 24.4 Å². The highest BCUT2D eigenvalue weighted by molar-refractivity contribution is 5.73. The number of rotatable bonds is 9. The van der Waals surface area contributed by atoms with Crippen LogP contribution >= 0.6 is 0 Å². The number of hydrogen-bond donors (Lipinski definition) is 3. The number of fused-ring (bicyclic) bond motifs is 1. The van der Waals surface area contributed by atoms with E-state index in [4.69, 9.17) is 4.74 Å². The van der Waals surface area contributed by atoms with Gasteiger partial charge < -0.3 is 19.9 Å². The Hall–Kier alpha value is -4.14. The lowest BCUT2D eigenvalue weighted by atomic mass is 10.0. The smallest absolute Gasteiger partial charge is 0.418 e. The highest BCUT2D eigenvalue weighted by Gasteiger charge is 2.36. The molecule has 2 aromatic carbocycles. The quantitative estimate of drug-likeness (QED) is 0.242. The number of nitrogens with zero attached hydrogens (tertiary/aromatic N) is 6. The molecule has 1 fully saturated rings. The molecule has 2 aliphatic rings. The summed E-state index contributed by atoms with van der Waals surface area (Å²) in [6, 6.07) is 10.9. The van der Waals surface area contributed by atoms with Crippen LogP contribution in [0.2, 0.25) is 0 Å². The fourth-order valence-electron chi connectivity index (χ4n) is 5.34. The third-order valence-electron chi connectivity index (χ3n) is 7.70. The van der Waals surface area contributed by atoms with E-state index in [2.05, 4.69) is 20.2 Å². The molecule has 1 amide bonds. The molecule has 0 spiro atoms. The summed E-state index contributed by atoms with van der Waals surface area (Å²) in [6.45, 7) is 7.10. The number of anilines is 4. The second-order valence-corrected chi connectivity index (χ2v) is 10.5. The van der Waals surface area contributed by atoms with Gasteiger partial charge in [-0.3, -0.25) is 20.1 Å². The van der Waals surface area contributed by atoms with E-state index in [0.717, 1.165) is 68.3 Å². The predicted molar refractivity (Wildman–Crippen MR) is 153 cm³/mol. The van der Waals surface area contributed by atoms with Crippen molar-refractivity contribution in [2.24, 2.45) is 0 Å². The number of carbonyl (C=O) groups excluding carboxylic acids is 1. The van der Waals surface area contributed by atoms with E-state index >= 15 is 0 Å². The number of alkyl halides is 3. The maximum atomic E-state index is 13.5. The molecule has 1 saturated heterocycles. The van der Waals surface area contributed by atoms with Crippen LogP contribution in [0.5, 0.6) is 5.75 Å². The molecule has 0 aliphatic carbocycles. The van der Waals surface area contributed by atoms with Crippen LogP contribution in [0.3, 0.4) is 0 Å². The summed E-state index contributed by atoms with van der Waals surface area (Å²) >= 11 is 0. The number of aromatic nitrogens is 2. The Bertz CT molecular complexity index is 1410. The average molecular weight is 602 g/mol. The molecule has 0 saturated carbocycles. The second kappa shape index (κ2) is 13.0. The van der Waals surface area contributed by atoms with E-state index in [1.54, 1.807) is 11.8 Å². The first-order valence-corrected chi connectivity index (χ1v) is 14.0. The number of amides is 1. The molecule has 3 heterocycles. The highest BCUT2D eigenvalue weighted by atomic mass is 19.4. The van der Waals surface area contributed by atoms with Crippen LogP contribution in [0.1, 0.15) is 30.2 Å². The summed E-state index contributed by atoms with van der Waals surface area (Å²) in [5.74, 6) is 1.51. The lowest BCUT2D eigenvalue weighted by Gasteiger charge is -2.34. The molecule has 2 aliphatic heterocycles. The van der Waals surface area contributed by atoms with Gasteiger partial charge in [-0.25, -0.2) is 9.97 Å². The Morgan fingerprint density at radius 2 is 1.79 bits per heavy atom. The second-order valence-electron chi connectivity index (χ2n) is 10.5. The number of hydrogen-bond acceptors (Lipinski definition) is 10. The van der Waals surface area contributed by atoms with Gasteiger partial charge in [0.25, 0.3) is 0 Å². The molecule has 0 atom stereocenters. The van der Waals surface area contributed by atoms with E-state index < -0.39 is 22.7 Å². The summed E-state index contributed by atoms with van der Waals surface area (Å²) in [4.78, 5) is 26.2. The monoisotopic (exact) mass is 601 g/mol. The van der Waals surface area contributed by atoms with Crippen molar-refractivity contribution in [3.05, 3.63) is 65.6 Å². The number of carbonyl (C=O) groups is 1. The molecular weight excluding hydrogens is 567 g/mol. The van der Waals surface area contributed by atoms with Crippen molar-refractivity contribution in [2.45, 2.75) is 32.5 Å². The Labute approximate surface area is 247 Å². The molecule has 230 valence electrons. The minimum Gasteiger partial charge on any atom is -0.494 e. The van der Waals surface area contributed by atoms with Crippen molar-refractivity contribution in [3.63, 3.8) is 0 Å². The van der Waals surface area contributed by atoms with Gasteiger partial charge in [-0.1, -0.05) is 0 Å². The Balaban J connectivity index is 1.15. The molecule has 0 bridgehead atoms. The van der Waals surface area contributed by atoms with Crippen LogP contribution in [0, 0.1) is 0 Å². The number of piperazine rings is 1. The van der Waals surface area contributed by atoms with Crippen LogP contribution in [-0.4, -0.2) is 82.0 Å². The Morgan fingerprint density at radius 3 is 2.47 bits per heavy atom. The molecular formula is C29H34F3N7O4. The standard InChI is InChI=1S/C29H34F3N7O4/c1-20(40)37-14-12-36(13-15-37)10-2-16-43-23-6-3-21(4-7-23)35-28-24-9-11-38(18-26(24)33-19-34-28)22-5-8-27(39(41)42)25(17-22)29(30,31)32/h3-8,17,19,41-42H,2,9-16,18H2,1H3,(H,33,34,35). The molecule has 14 heteroatoms. The van der Waals surface area contributed by atoms with Gasteiger partial charge in [0, 0.05) is 63.1 Å². The summed E-state index contributed by atoms with van der Waals surface area (Å²) in [5, 5.41) is 21.2. The zero-order chi connectivity index (χ0) is 30.6. The lowest BCUT2D eigenvalue weighted by Crippen LogP contribution is -2.48. The molecule has 0 radical (unpaired) electrons. The van der Waals surface area contributed by atoms with Crippen molar-refractivity contribution in [1.29, 1.82) is 0 Å². The number of ether oxygens (including phenoxy) is 1. The first kappa shape index (κ1) is 30.3. The summed E-state index contributed by atoms with van der Waals surface area (Å²) in [6.07, 6.45) is -1.97. The maximum absolute atomic E-state index is 13.5. The fraction of sp³-hybridized carbons (Fsp3) is 0.414. The Morgan fingerprint density at radius 1 is 1.05 bits per heavy atom. The minimum absolute atomic E-state index is 0.126. The SMILES string of the molecule is CC(=O)N1CCN(CCCOc2ccc(Nc3ncnc4c3CCN(c3ccc(N(O)O)c(C(F)(F)F)c3)C4)cc2)CC1. The molecule has 0 unspecified atom stereocenters. The van der Waals surface area contributed by atoms with Gasteiger partial charge in [-0.05, 0) is 55.3 Å². The van der Waals surface area contributed by atoms with E-state index in [1.807, 2.05) is 29.2 Å².